The minimum atomic E-state index is -4.94. The fourth-order valence-electron chi connectivity index (χ4n) is 0. The number of quaternary nitrogens is 2. The standard InChI is InChI=1S/2C4H12N.BrH.ClHO4/c2*1-5(2,3)4;;2-1(3,4)5/h2*1-4H3;1H;(H,2,3,4,5)/q2*+1;;/p-2. The minimum absolute atomic E-state index is 0. The Morgan fingerprint density at radius 2 is 0.562 bits per heavy atom. The lowest BCUT2D eigenvalue weighted by Gasteiger charge is -2.17. The van der Waals surface area contributed by atoms with Gasteiger partial charge in [0.05, 0.1) is 56.4 Å². The molecular formula is C8H24BrClN2O4. The molecule has 104 valence electrons. The quantitative estimate of drug-likeness (QED) is 0.413. The molecular weight excluding hydrogens is 303 g/mol. The molecule has 0 atom stereocenters. The van der Waals surface area contributed by atoms with Crippen LogP contribution in [0.1, 0.15) is 0 Å². The summed E-state index contributed by atoms with van der Waals surface area (Å²) in [6.45, 7) is 0. The highest BCUT2D eigenvalue weighted by Gasteiger charge is 1.88. The van der Waals surface area contributed by atoms with Gasteiger partial charge < -0.3 is 25.9 Å². The highest BCUT2D eigenvalue weighted by molar-refractivity contribution is 3.87. The van der Waals surface area contributed by atoms with E-state index >= 15 is 0 Å². The first-order chi connectivity index (χ1) is 6.00. The van der Waals surface area contributed by atoms with E-state index in [-0.39, 0.29) is 17.0 Å². The summed E-state index contributed by atoms with van der Waals surface area (Å²) in [7, 11) is 12.1. The van der Waals surface area contributed by atoms with Gasteiger partial charge in [-0.1, -0.05) is 0 Å². The van der Waals surface area contributed by atoms with Crippen molar-refractivity contribution in [3.63, 3.8) is 0 Å². The predicted molar refractivity (Wildman–Crippen MR) is 47.9 cm³/mol. The van der Waals surface area contributed by atoms with Crippen LogP contribution in [0.4, 0.5) is 0 Å². The Morgan fingerprint density at radius 1 is 0.562 bits per heavy atom. The average Bonchev–Trinajstić information content (AvgIpc) is 1.41. The number of halogens is 2. The molecule has 0 bridgehead atoms. The molecule has 0 saturated heterocycles. The van der Waals surface area contributed by atoms with E-state index in [1.807, 2.05) is 0 Å². The van der Waals surface area contributed by atoms with Crippen LogP contribution in [0.15, 0.2) is 0 Å². The second-order valence-corrected chi connectivity index (χ2v) is 6.50. The summed E-state index contributed by atoms with van der Waals surface area (Å²) in [6.07, 6.45) is 0. The molecule has 8 heteroatoms. The molecule has 0 aromatic heterocycles. The van der Waals surface area contributed by atoms with Crippen LogP contribution < -0.4 is 35.6 Å². The lowest BCUT2D eigenvalue weighted by molar-refractivity contribution is -2.00. The van der Waals surface area contributed by atoms with Crippen LogP contribution in [0, 0.1) is 10.2 Å². The first-order valence-corrected chi connectivity index (χ1v) is 5.43. The van der Waals surface area contributed by atoms with Gasteiger partial charge in [0, 0.05) is 0 Å². The molecule has 0 radical (unpaired) electrons. The molecule has 6 nitrogen and oxygen atoms in total. The van der Waals surface area contributed by atoms with Crippen LogP contribution in [0.5, 0.6) is 0 Å². The third-order valence-corrected chi connectivity index (χ3v) is 0. The van der Waals surface area contributed by atoms with Crippen molar-refractivity contribution in [2.45, 2.75) is 0 Å². The van der Waals surface area contributed by atoms with E-state index in [4.69, 9.17) is 18.6 Å². The Labute approximate surface area is 111 Å². The summed E-state index contributed by atoms with van der Waals surface area (Å²) in [5, 5.41) is 0. The Hall–Kier alpha value is 0.530. The number of rotatable bonds is 0. The maximum atomic E-state index is 8.49. The molecule has 0 aliphatic heterocycles. The zero-order chi connectivity index (χ0) is 13.5. The van der Waals surface area contributed by atoms with Crippen LogP contribution in [0.25, 0.3) is 0 Å². The van der Waals surface area contributed by atoms with Crippen LogP contribution in [-0.2, 0) is 0 Å². The van der Waals surface area contributed by atoms with Crippen molar-refractivity contribution >= 4 is 0 Å². The summed E-state index contributed by atoms with van der Waals surface area (Å²) in [5.41, 5.74) is 0. The van der Waals surface area contributed by atoms with Gasteiger partial charge in [0.25, 0.3) is 0 Å². The Bertz CT molecular complexity index is 105. The van der Waals surface area contributed by atoms with Crippen molar-refractivity contribution in [2.24, 2.45) is 0 Å². The molecule has 16 heavy (non-hydrogen) atoms. The Balaban J connectivity index is -0.0000000655. The number of hydrogen-bond acceptors (Lipinski definition) is 4. The molecule has 0 aliphatic carbocycles. The van der Waals surface area contributed by atoms with Crippen molar-refractivity contribution in [2.75, 3.05) is 56.4 Å². The van der Waals surface area contributed by atoms with Crippen LogP contribution in [0.3, 0.4) is 0 Å². The second kappa shape index (κ2) is 9.55. The van der Waals surface area contributed by atoms with Gasteiger partial charge >= 0.3 is 0 Å². The maximum Gasteiger partial charge on any atom is 0.0675 e. The highest BCUT2D eigenvalue weighted by atomic mass is 79.9. The predicted octanol–water partition coefficient (Wildman–Crippen LogP) is -7.11. The summed E-state index contributed by atoms with van der Waals surface area (Å²) in [6, 6.07) is 0. The molecule has 0 saturated carbocycles. The summed E-state index contributed by atoms with van der Waals surface area (Å²) in [4.78, 5) is 0. The molecule has 0 N–H and O–H groups in total. The molecule has 0 heterocycles. The largest absolute Gasteiger partial charge is 1.00 e. The maximum absolute atomic E-state index is 8.49. The van der Waals surface area contributed by atoms with E-state index < -0.39 is 10.2 Å². The molecule has 0 aliphatic rings. The van der Waals surface area contributed by atoms with Crippen molar-refractivity contribution in [3.8, 4) is 0 Å². The summed E-state index contributed by atoms with van der Waals surface area (Å²) >= 11 is 0. The van der Waals surface area contributed by atoms with E-state index in [0.29, 0.717) is 0 Å². The molecule has 0 rings (SSSR count). The van der Waals surface area contributed by atoms with Gasteiger partial charge in [-0.2, -0.15) is 0 Å². The van der Waals surface area contributed by atoms with Gasteiger partial charge in [-0.3, -0.25) is 0 Å². The van der Waals surface area contributed by atoms with Crippen LogP contribution >= 0.6 is 0 Å². The second-order valence-electron chi connectivity index (χ2n) is 5.74. The van der Waals surface area contributed by atoms with Gasteiger partial charge in [-0.05, 0) is 0 Å². The summed E-state index contributed by atoms with van der Waals surface area (Å²) < 4.78 is 36.0. The molecule has 0 unspecified atom stereocenters. The van der Waals surface area contributed by atoms with Gasteiger partial charge in [0.15, 0.2) is 0 Å². The van der Waals surface area contributed by atoms with Crippen LogP contribution in [-0.4, -0.2) is 65.3 Å². The lowest BCUT2D eigenvalue weighted by Crippen LogP contribution is -3.00. The lowest BCUT2D eigenvalue weighted by atomic mass is 10.8. The Morgan fingerprint density at radius 3 is 0.562 bits per heavy atom. The van der Waals surface area contributed by atoms with Gasteiger partial charge in [-0.15, -0.1) is 10.2 Å². The van der Waals surface area contributed by atoms with Gasteiger partial charge in [0.1, 0.15) is 0 Å². The fourth-order valence-corrected chi connectivity index (χ4v) is 0. The summed E-state index contributed by atoms with van der Waals surface area (Å²) in [5.74, 6) is 0. The number of nitrogens with zero attached hydrogens (tertiary/aromatic N) is 2. The van der Waals surface area contributed by atoms with Gasteiger partial charge in [0.2, 0.25) is 0 Å². The van der Waals surface area contributed by atoms with Crippen LogP contribution in [0.2, 0.25) is 0 Å². The zero-order valence-corrected chi connectivity index (χ0v) is 13.6. The van der Waals surface area contributed by atoms with E-state index in [1.54, 1.807) is 0 Å². The SMILES string of the molecule is C[N+](C)(C)C.C[N+](C)(C)C.[Br-].[O-][Cl+3]([O-])([O-])[O-]. The van der Waals surface area contributed by atoms with Crippen molar-refractivity contribution < 1.29 is 54.8 Å². The first kappa shape index (κ1) is 25.4. The monoisotopic (exact) mass is 326 g/mol. The smallest absolute Gasteiger partial charge is 0.0675 e. The third kappa shape index (κ3) is 9470. The molecule has 0 aromatic rings. The zero-order valence-electron chi connectivity index (χ0n) is 11.3. The third-order valence-electron chi connectivity index (χ3n) is 0. The van der Waals surface area contributed by atoms with E-state index in [0.717, 1.165) is 8.97 Å². The van der Waals surface area contributed by atoms with Crippen molar-refractivity contribution in [1.82, 2.24) is 0 Å². The fraction of sp³-hybridized carbons (Fsp3) is 1.00. The number of hydrogen-bond donors (Lipinski definition) is 0. The molecule has 0 fully saturated rings. The molecule has 0 amide bonds. The molecule has 0 spiro atoms. The Kier molecular flexibility index (Phi) is 15.2. The van der Waals surface area contributed by atoms with Gasteiger partial charge in [-0.25, -0.2) is 18.6 Å². The van der Waals surface area contributed by atoms with Crippen molar-refractivity contribution in [3.05, 3.63) is 0 Å². The average molecular weight is 328 g/mol. The normalized spacial score (nSPS) is 11.2. The first-order valence-electron chi connectivity index (χ1n) is 4.19. The highest BCUT2D eigenvalue weighted by Crippen LogP contribution is 1.74. The minimum Gasteiger partial charge on any atom is -1.00 e. The van der Waals surface area contributed by atoms with Crippen molar-refractivity contribution in [1.29, 1.82) is 0 Å². The van der Waals surface area contributed by atoms with E-state index in [1.165, 1.54) is 0 Å². The topological polar surface area (TPSA) is 92.2 Å². The molecule has 0 aromatic carbocycles. The van der Waals surface area contributed by atoms with E-state index in [2.05, 4.69) is 56.4 Å². The van der Waals surface area contributed by atoms with E-state index in [9.17, 15) is 0 Å².